The highest BCUT2D eigenvalue weighted by Crippen LogP contribution is 2.55. The molecule has 1 atom stereocenters. The summed E-state index contributed by atoms with van der Waals surface area (Å²) in [5, 5.41) is 9.83. The SMILES string of the molecule is C=CCN1C(=O)[C@@]2(C(C#N)=C(N)OC3=C2C(=O)CCC3)c2ccccc21. The van der Waals surface area contributed by atoms with E-state index in [4.69, 9.17) is 10.5 Å². The lowest BCUT2D eigenvalue weighted by Gasteiger charge is -2.37. The Bertz CT molecular complexity index is 967. The van der Waals surface area contributed by atoms with Crippen molar-refractivity contribution in [3.05, 3.63) is 65.3 Å². The van der Waals surface area contributed by atoms with Crippen LogP contribution in [0.25, 0.3) is 0 Å². The van der Waals surface area contributed by atoms with Crippen LogP contribution in [0.1, 0.15) is 24.8 Å². The Hall–Kier alpha value is -3.33. The number of nitrogens with zero attached hydrogens (tertiary/aromatic N) is 2. The van der Waals surface area contributed by atoms with Gasteiger partial charge in [-0.05, 0) is 12.5 Å². The first-order chi connectivity index (χ1) is 12.6. The van der Waals surface area contributed by atoms with E-state index in [1.165, 1.54) is 0 Å². The maximum atomic E-state index is 13.6. The topological polar surface area (TPSA) is 96.4 Å². The molecule has 6 heteroatoms. The average molecular weight is 347 g/mol. The number of ketones is 1. The number of Topliss-reactive ketones (excluding diaryl/α,β-unsaturated/α-hetero) is 1. The number of hydrogen-bond acceptors (Lipinski definition) is 5. The molecular weight excluding hydrogens is 330 g/mol. The second kappa shape index (κ2) is 5.60. The first kappa shape index (κ1) is 16.2. The van der Waals surface area contributed by atoms with Gasteiger partial charge in [0.15, 0.2) is 5.78 Å². The third-order valence-corrected chi connectivity index (χ3v) is 5.18. The van der Waals surface area contributed by atoms with Crippen LogP contribution in [0, 0.1) is 11.3 Å². The lowest BCUT2D eigenvalue weighted by molar-refractivity contribution is -0.124. The summed E-state index contributed by atoms with van der Waals surface area (Å²) in [5.74, 6) is -0.231. The van der Waals surface area contributed by atoms with Crippen LogP contribution in [0.2, 0.25) is 0 Å². The molecule has 1 amide bonds. The third-order valence-electron chi connectivity index (χ3n) is 5.18. The molecule has 2 aliphatic heterocycles. The fourth-order valence-electron chi connectivity index (χ4n) is 4.21. The molecule has 2 heterocycles. The van der Waals surface area contributed by atoms with Gasteiger partial charge in [-0.1, -0.05) is 24.3 Å². The Labute approximate surface area is 150 Å². The van der Waals surface area contributed by atoms with Gasteiger partial charge in [-0.2, -0.15) is 5.26 Å². The van der Waals surface area contributed by atoms with E-state index < -0.39 is 5.41 Å². The highest BCUT2D eigenvalue weighted by molar-refractivity contribution is 6.20. The molecule has 0 aromatic heterocycles. The molecule has 26 heavy (non-hydrogen) atoms. The van der Waals surface area contributed by atoms with Crippen molar-refractivity contribution >= 4 is 17.4 Å². The monoisotopic (exact) mass is 347 g/mol. The second-order valence-electron chi connectivity index (χ2n) is 6.50. The van der Waals surface area contributed by atoms with Crippen LogP contribution in [0.3, 0.4) is 0 Å². The van der Waals surface area contributed by atoms with Gasteiger partial charge in [-0.15, -0.1) is 6.58 Å². The molecule has 2 N–H and O–H groups in total. The molecule has 1 aromatic carbocycles. The number of rotatable bonds is 2. The van der Waals surface area contributed by atoms with Gasteiger partial charge < -0.3 is 15.4 Å². The fourth-order valence-corrected chi connectivity index (χ4v) is 4.21. The number of para-hydroxylation sites is 1. The number of carbonyl (C=O) groups excluding carboxylic acids is 2. The molecular formula is C20H17N3O3. The summed E-state index contributed by atoms with van der Waals surface area (Å²) in [5.41, 5.74) is 6.01. The van der Waals surface area contributed by atoms with Crippen LogP contribution in [0.15, 0.2) is 59.7 Å². The van der Waals surface area contributed by atoms with Crippen molar-refractivity contribution in [3.63, 3.8) is 0 Å². The molecule has 1 aromatic rings. The third kappa shape index (κ3) is 1.80. The van der Waals surface area contributed by atoms with E-state index in [-0.39, 0.29) is 35.3 Å². The molecule has 1 spiro atoms. The Balaban J connectivity index is 2.11. The van der Waals surface area contributed by atoms with E-state index in [1.54, 1.807) is 29.2 Å². The van der Waals surface area contributed by atoms with Crippen molar-refractivity contribution in [2.45, 2.75) is 24.7 Å². The quantitative estimate of drug-likeness (QED) is 0.827. The van der Waals surface area contributed by atoms with Gasteiger partial charge in [0.2, 0.25) is 11.8 Å². The van der Waals surface area contributed by atoms with Gasteiger partial charge in [-0.25, -0.2) is 0 Å². The van der Waals surface area contributed by atoms with Crippen LogP contribution in [0.4, 0.5) is 5.69 Å². The van der Waals surface area contributed by atoms with Crippen LogP contribution < -0.4 is 10.6 Å². The smallest absolute Gasteiger partial charge is 0.248 e. The molecule has 0 saturated carbocycles. The van der Waals surface area contributed by atoms with E-state index in [1.807, 2.05) is 12.1 Å². The van der Waals surface area contributed by atoms with E-state index in [2.05, 4.69) is 6.58 Å². The van der Waals surface area contributed by atoms with Crippen molar-refractivity contribution in [1.29, 1.82) is 5.26 Å². The second-order valence-corrected chi connectivity index (χ2v) is 6.50. The summed E-state index contributed by atoms with van der Waals surface area (Å²) in [4.78, 5) is 28.1. The Morgan fingerprint density at radius 3 is 2.85 bits per heavy atom. The molecule has 0 fully saturated rings. The predicted molar refractivity (Wildman–Crippen MR) is 94.5 cm³/mol. The maximum Gasteiger partial charge on any atom is 0.248 e. The van der Waals surface area contributed by atoms with Gasteiger partial charge in [0.1, 0.15) is 22.8 Å². The van der Waals surface area contributed by atoms with E-state index in [9.17, 15) is 14.9 Å². The van der Waals surface area contributed by atoms with Gasteiger partial charge in [0.05, 0.1) is 5.57 Å². The Morgan fingerprint density at radius 2 is 2.12 bits per heavy atom. The number of nitrogens with two attached hydrogens (primary N) is 1. The number of allylic oxidation sites excluding steroid dienone is 1. The van der Waals surface area contributed by atoms with Crippen molar-refractivity contribution in [1.82, 2.24) is 0 Å². The van der Waals surface area contributed by atoms with Gasteiger partial charge in [0, 0.05) is 30.6 Å². The minimum absolute atomic E-state index is 0.0180. The highest BCUT2D eigenvalue weighted by Gasteiger charge is 2.61. The van der Waals surface area contributed by atoms with Gasteiger partial charge >= 0.3 is 0 Å². The van der Waals surface area contributed by atoms with Crippen molar-refractivity contribution in [2.24, 2.45) is 5.73 Å². The number of fused-ring (bicyclic) bond motifs is 3. The molecule has 0 unspecified atom stereocenters. The first-order valence-electron chi connectivity index (χ1n) is 8.44. The normalized spacial score (nSPS) is 24.3. The largest absolute Gasteiger partial charge is 0.444 e. The van der Waals surface area contributed by atoms with E-state index >= 15 is 0 Å². The molecule has 0 saturated heterocycles. The molecule has 3 aliphatic rings. The summed E-state index contributed by atoms with van der Waals surface area (Å²) in [6.07, 6.45) is 3.08. The summed E-state index contributed by atoms with van der Waals surface area (Å²) in [7, 11) is 0. The van der Waals surface area contributed by atoms with Crippen LogP contribution >= 0.6 is 0 Å². The molecule has 4 rings (SSSR count). The molecule has 6 nitrogen and oxygen atoms in total. The Morgan fingerprint density at radius 1 is 1.35 bits per heavy atom. The summed E-state index contributed by atoms with van der Waals surface area (Å²) < 4.78 is 5.61. The highest BCUT2D eigenvalue weighted by atomic mass is 16.5. The maximum absolute atomic E-state index is 13.6. The number of hydrogen-bond donors (Lipinski definition) is 1. The number of amides is 1. The zero-order chi connectivity index (χ0) is 18.5. The Kier molecular flexibility index (Phi) is 3.48. The number of ether oxygens (including phenoxy) is 1. The number of carbonyl (C=O) groups is 2. The van der Waals surface area contributed by atoms with Crippen molar-refractivity contribution < 1.29 is 14.3 Å². The van der Waals surface area contributed by atoms with Crippen LogP contribution in [-0.2, 0) is 19.7 Å². The summed E-state index contributed by atoms with van der Waals surface area (Å²) in [6.45, 7) is 3.99. The van der Waals surface area contributed by atoms with Gasteiger partial charge in [0.25, 0.3) is 0 Å². The zero-order valence-corrected chi connectivity index (χ0v) is 14.1. The van der Waals surface area contributed by atoms with Gasteiger partial charge in [-0.3, -0.25) is 9.59 Å². The summed E-state index contributed by atoms with van der Waals surface area (Å²) in [6, 6.07) is 9.23. The fraction of sp³-hybridized carbons (Fsp3) is 0.250. The van der Waals surface area contributed by atoms with Crippen molar-refractivity contribution in [3.8, 4) is 6.07 Å². The predicted octanol–water partition coefficient (Wildman–Crippen LogP) is 2.19. The number of benzene rings is 1. The number of nitriles is 1. The molecule has 0 bridgehead atoms. The first-order valence-corrected chi connectivity index (χ1v) is 8.44. The van der Waals surface area contributed by atoms with Crippen LogP contribution in [0.5, 0.6) is 0 Å². The average Bonchev–Trinajstić information content (AvgIpc) is 2.86. The minimum Gasteiger partial charge on any atom is -0.444 e. The lowest BCUT2D eigenvalue weighted by Crippen LogP contribution is -2.49. The van der Waals surface area contributed by atoms with Crippen molar-refractivity contribution in [2.75, 3.05) is 11.4 Å². The summed E-state index contributed by atoms with van der Waals surface area (Å²) >= 11 is 0. The standard InChI is InChI=1S/C20H17N3O3/c1-2-10-23-14-7-4-3-6-12(14)20(19(23)25)13(11-21)18(22)26-16-9-5-8-15(24)17(16)20/h2-4,6-7H,1,5,8-10,22H2/t20-/m1/s1. The molecule has 0 radical (unpaired) electrons. The van der Waals surface area contributed by atoms with Crippen LogP contribution in [-0.4, -0.2) is 18.2 Å². The lowest BCUT2D eigenvalue weighted by atomic mass is 9.65. The molecule has 130 valence electrons. The zero-order valence-electron chi connectivity index (χ0n) is 14.1. The minimum atomic E-state index is -1.52. The van der Waals surface area contributed by atoms with E-state index in [0.717, 1.165) is 0 Å². The number of anilines is 1. The molecule has 1 aliphatic carbocycles. The van der Waals surface area contributed by atoms with E-state index in [0.29, 0.717) is 36.3 Å².